The molecule has 2 unspecified atom stereocenters. The molecule has 7 heteroatoms. The van der Waals surface area contributed by atoms with E-state index in [1.54, 1.807) is 16.3 Å². The van der Waals surface area contributed by atoms with Crippen molar-refractivity contribution in [3.8, 4) is 0 Å². The van der Waals surface area contributed by atoms with Crippen LogP contribution in [0.2, 0.25) is 0 Å². The number of carbonyl (C=O) groups excluding carboxylic acids is 1. The van der Waals surface area contributed by atoms with E-state index in [0.717, 1.165) is 24.8 Å². The van der Waals surface area contributed by atoms with Crippen LogP contribution < -0.4 is 5.32 Å². The number of benzene rings is 1. The number of rotatable bonds is 5. The lowest BCUT2D eigenvalue weighted by Crippen LogP contribution is -2.42. The van der Waals surface area contributed by atoms with Crippen molar-refractivity contribution in [3.05, 3.63) is 35.9 Å². The minimum absolute atomic E-state index is 0.0415. The highest BCUT2D eigenvalue weighted by molar-refractivity contribution is 7.89. The van der Waals surface area contributed by atoms with Crippen LogP contribution in [0.3, 0.4) is 0 Å². The molecule has 1 aromatic carbocycles. The molecule has 138 valence electrons. The number of likely N-dealkylation sites (N-methyl/N-ethyl adjacent to an activating group) is 1. The number of sulfonamides is 1. The van der Waals surface area contributed by atoms with Gasteiger partial charge in [0.2, 0.25) is 15.9 Å². The van der Waals surface area contributed by atoms with Crippen LogP contribution in [0, 0.1) is 0 Å². The van der Waals surface area contributed by atoms with Crippen molar-refractivity contribution < 1.29 is 13.2 Å². The van der Waals surface area contributed by atoms with E-state index in [4.69, 9.17) is 0 Å². The summed E-state index contributed by atoms with van der Waals surface area (Å²) in [5.41, 5.74) is 1.06. The zero-order valence-electron chi connectivity index (χ0n) is 14.7. The van der Waals surface area contributed by atoms with Gasteiger partial charge in [-0.3, -0.25) is 4.79 Å². The molecule has 0 radical (unpaired) electrons. The van der Waals surface area contributed by atoms with Crippen molar-refractivity contribution in [1.82, 2.24) is 14.5 Å². The summed E-state index contributed by atoms with van der Waals surface area (Å²) in [5.74, 6) is -0.0415. The van der Waals surface area contributed by atoms with E-state index in [2.05, 4.69) is 5.32 Å². The second-order valence-electron chi connectivity index (χ2n) is 7.00. The quantitative estimate of drug-likeness (QED) is 0.851. The van der Waals surface area contributed by atoms with E-state index in [1.807, 2.05) is 30.3 Å². The Morgan fingerprint density at radius 3 is 2.56 bits per heavy atom. The number of nitrogens with zero attached hydrogens (tertiary/aromatic N) is 2. The smallest absolute Gasteiger partial charge is 0.239 e. The Morgan fingerprint density at radius 2 is 1.88 bits per heavy atom. The molecular weight excluding hydrogens is 338 g/mol. The molecule has 1 amide bonds. The Kier molecular flexibility index (Phi) is 5.76. The van der Waals surface area contributed by atoms with Gasteiger partial charge in [-0.25, -0.2) is 12.7 Å². The predicted octanol–water partition coefficient (Wildman–Crippen LogP) is 1.19. The normalized spacial score (nSPS) is 25.0. The van der Waals surface area contributed by atoms with Gasteiger partial charge in [-0.15, -0.1) is 0 Å². The maximum absolute atomic E-state index is 12.8. The fraction of sp³-hybridized carbons (Fsp3) is 0.611. The molecule has 2 aliphatic heterocycles. The standard InChI is InChI=1S/C18H27N3O3S/c1-20(14-15-8-4-2-5-9-15)18(22)17-12-16(13-19-17)25(23,24)21-10-6-3-7-11-21/h2,4-5,8-9,16-17,19H,3,6-7,10-14H2,1H3. The van der Waals surface area contributed by atoms with Gasteiger partial charge in [0, 0.05) is 33.2 Å². The lowest BCUT2D eigenvalue weighted by molar-refractivity contribution is -0.132. The zero-order valence-corrected chi connectivity index (χ0v) is 15.5. The molecule has 2 saturated heterocycles. The third-order valence-corrected chi connectivity index (χ3v) is 7.41. The van der Waals surface area contributed by atoms with Crippen LogP contribution in [0.15, 0.2) is 30.3 Å². The summed E-state index contributed by atoms with van der Waals surface area (Å²) in [6.07, 6.45) is 3.32. The average Bonchev–Trinajstić information content (AvgIpc) is 3.13. The molecule has 2 heterocycles. The number of hydrogen-bond acceptors (Lipinski definition) is 4. The molecule has 1 N–H and O–H groups in total. The molecule has 2 aliphatic rings. The van der Waals surface area contributed by atoms with E-state index in [-0.39, 0.29) is 5.91 Å². The van der Waals surface area contributed by atoms with E-state index in [0.29, 0.717) is 32.6 Å². The first-order valence-corrected chi connectivity index (χ1v) is 10.5. The molecule has 2 fully saturated rings. The number of nitrogens with one attached hydrogen (secondary N) is 1. The van der Waals surface area contributed by atoms with Crippen molar-refractivity contribution in [2.24, 2.45) is 0 Å². The second-order valence-corrected chi connectivity index (χ2v) is 9.22. The molecule has 3 rings (SSSR count). The van der Waals surface area contributed by atoms with E-state index < -0.39 is 21.3 Å². The molecule has 0 aromatic heterocycles. The zero-order chi connectivity index (χ0) is 17.9. The average molecular weight is 365 g/mol. The third kappa shape index (κ3) is 4.22. The lowest BCUT2D eigenvalue weighted by Gasteiger charge is -2.28. The topological polar surface area (TPSA) is 69.7 Å². The van der Waals surface area contributed by atoms with Crippen LogP contribution in [0.5, 0.6) is 0 Å². The second kappa shape index (κ2) is 7.85. The van der Waals surface area contributed by atoms with Gasteiger partial charge in [-0.05, 0) is 24.8 Å². The number of hydrogen-bond donors (Lipinski definition) is 1. The first kappa shape index (κ1) is 18.4. The number of carbonyl (C=O) groups is 1. The van der Waals surface area contributed by atoms with Crippen LogP contribution in [0.4, 0.5) is 0 Å². The summed E-state index contributed by atoms with van der Waals surface area (Å²) in [4.78, 5) is 14.3. The van der Waals surface area contributed by atoms with Gasteiger partial charge in [0.15, 0.2) is 0 Å². The van der Waals surface area contributed by atoms with Crippen LogP contribution in [0.1, 0.15) is 31.2 Å². The third-order valence-electron chi connectivity index (χ3n) is 5.12. The summed E-state index contributed by atoms with van der Waals surface area (Å²) in [6, 6.07) is 9.38. The van der Waals surface area contributed by atoms with Crippen LogP contribution in [0.25, 0.3) is 0 Å². The predicted molar refractivity (Wildman–Crippen MR) is 97.5 cm³/mol. The molecule has 1 aromatic rings. The maximum atomic E-state index is 12.8. The fourth-order valence-electron chi connectivity index (χ4n) is 3.65. The monoisotopic (exact) mass is 365 g/mol. The summed E-state index contributed by atoms with van der Waals surface area (Å²) in [6.45, 7) is 2.12. The molecule has 6 nitrogen and oxygen atoms in total. The Bertz CT molecular complexity index is 687. The largest absolute Gasteiger partial charge is 0.340 e. The summed E-state index contributed by atoms with van der Waals surface area (Å²) < 4.78 is 27.2. The SMILES string of the molecule is CN(Cc1ccccc1)C(=O)C1CC(S(=O)(=O)N2CCCCC2)CN1. The highest BCUT2D eigenvalue weighted by Gasteiger charge is 2.41. The minimum atomic E-state index is -3.31. The van der Waals surface area contributed by atoms with Gasteiger partial charge in [0.1, 0.15) is 0 Å². The summed E-state index contributed by atoms with van der Waals surface area (Å²) >= 11 is 0. The number of amides is 1. The molecular formula is C18H27N3O3S. The van der Waals surface area contributed by atoms with Gasteiger partial charge >= 0.3 is 0 Å². The Morgan fingerprint density at radius 1 is 1.20 bits per heavy atom. The van der Waals surface area contributed by atoms with E-state index in [9.17, 15) is 13.2 Å². The van der Waals surface area contributed by atoms with Gasteiger partial charge in [0.25, 0.3) is 0 Å². The van der Waals surface area contributed by atoms with Crippen LogP contribution in [-0.4, -0.2) is 61.5 Å². The first-order chi connectivity index (χ1) is 12.0. The Labute approximate surface area is 150 Å². The van der Waals surface area contributed by atoms with Gasteiger partial charge in [-0.1, -0.05) is 36.8 Å². The molecule has 0 aliphatic carbocycles. The van der Waals surface area contributed by atoms with Gasteiger partial charge in [-0.2, -0.15) is 0 Å². The van der Waals surface area contributed by atoms with Crippen LogP contribution in [-0.2, 0) is 21.4 Å². The van der Waals surface area contributed by atoms with Crippen molar-refractivity contribution in [2.75, 3.05) is 26.7 Å². The Hall–Kier alpha value is -1.44. The van der Waals surface area contributed by atoms with Gasteiger partial charge in [0.05, 0.1) is 11.3 Å². The Balaban J connectivity index is 1.59. The highest BCUT2D eigenvalue weighted by atomic mass is 32.2. The van der Waals surface area contributed by atoms with Crippen molar-refractivity contribution in [2.45, 2.75) is 43.5 Å². The molecule has 25 heavy (non-hydrogen) atoms. The summed E-state index contributed by atoms with van der Waals surface area (Å²) in [7, 11) is -1.55. The number of piperidine rings is 1. The molecule has 0 saturated carbocycles. The van der Waals surface area contributed by atoms with Crippen LogP contribution >= 0.6 is 0 Å². The van der Waals surface area contributed by atoms with E-state index >= 15 is 0 Å². The highest BCUT2D eigenvalue weighted by Crippen LogP contribution is 2.23. The fourth-order valence-corrected chi connectivity index (χ4v) is 5.58. The molecule has 0 bridgehead atoms. The van der Waals surface area contributed by atoms with Crippen molar-refractivity contribution >= 4 is 15.9 Å². The lowest BCUT2D eigenvalue weighted by atomic mass is 10.1. The van der Waals surface area contributed by atoms with Crippen molar-refractivity contribution in [3.63, 3.8) is 0 Å². The molecule has 2 atom stereocenters. The van der Waals surface area contributed by atoms with Gasteiger partial charge < -0.3 is 10.2 Å². The maximum Gasteiger partial charge on any atom is 0.239 e. The molecule has 0 spiro atoms. The first-order valence-electron chi connectivity index (χ1n) is 9.00. The minimum Gasteiger partial charge on any atom is -0.340 e. The van der Waals surface area contributed by atoms with Crippen molar-refractivity contribution in [1.29, 1.82) is 0 Å². The summed E-state index contributed by atoms with van der Waals surface area (Å²) in [5, 5.41) is 2.63. The van der Waals surface area contributed by atoms with E-state index in [1.165, 1.54) is 0 Å².